The molecule has 0 radical (unpaired) electrons. The van der Waals surface area contributed by atoms with Crippen molar-refractivity contribution in [2.75, 3.05) is 7.11 Å². The summed E-state index contributed by atoms with van der Waals surface area (Å²) in [6.07, 6.45) is 1.76. The molecule has 0 aliphatic rings. The van der Waals surface area contributed by atoms with Crippen molar-refractivity contribution in [2.24, 2.45) is 5.41 Å². The highest BCUT2D eigenvalue weighted by Crippen LogP contribution is 2.20. The summed E-state index contributed by atoms with van der Waals surface area (Å²) < 4.78 is 4.84. The molecule has 0 aromatic carbocycles. The summed E-state index contributed by atoms with van der Waals surface area (Å²) in [7, 11) is 1.41. The minimum Gasteiger partial charge on any atom is -0.468 e. The second-order valence-corrected chi connectivity index (χ2v) is 5.45. The van der Waals surface area contributed by atoms with Gasteiger partial charge in [0.05, 0.1) is 7.11 Å². The Hall–Kier alpha value is -1.42. The highest BCUT2D eigenvalue weighted by atomic mass is 16.5. The maximum Gasteiger partial charge on any atom is 0.323 e. The summed E-state index contributed by atoms with van der Waals surface area (Å²) in [6, 6.07) is 3.57. The molecule has 0 amide bonds. The number of nitrogens with zero attached hydrogens (tertiary/aromatic N) is 1. The average Bonchev–Trinajstić information content (AvgIpc) is 2.29. The summed E-state index contributed by atoms with van der Waals surface area (Å²) in [5.74, 6) is -0.232. The van der Waals surface area contributed by atoms with E-state index in [4.69, 9.17) is 4.74 Å². The van der Waals surface area contributed by atoms with Gasteiger partial charge in [-0.2, -0.15) is 0 Å². The Morgan fingerprint density at radius 3 is 2.67 bits per heavy atom. The Bertz CT molecular complexity index is 411. The van der Waals surface area contributed by atoms with Gasteiger partial charge in [0.25, 0.3) is 0 Å². The second-order valence-electron chi connectivity index (χ2n) is 5.45. The fourth-order valence-corrected chi connectivity index (χ4v) is 1.78. The van der Waals surface area contributed by atoms with E-state index in [2.05, 4.69) is 10.3 Å². The Morgan fingerprint density at radius 1 is 1.50 bits per heavy atom. The molecule has 0 unspecified atom stereocenters. The summed E-state index contributed by atoms with van der Waals surface area (Å²) in [6.45, 7) is 8.60. The minimum absolute atomic E-state index is 0.191. The Morgan fingerprint density at radius 2 is 2.17 bits per heavy atom. The van der Waals surface area contributed by atoms with Gasteiger partial charge in [-0.05, 0) is 24.0 Å². The van der Waals surface area contributed by atoms with Gasteiger partial charge in [-0.3, -0.25) is 15.1 Å². The number of carbonyl (C=O) groups excluding carboxylic acids is 1. The number of carbonyl (C=O) groups is 1. The number of hydrogen-bond acceptors (Lipinski definition) is 4. The SMILES string of the molecule is COC(=O)[C@H](NCc1cccnc1C)C(C)(C)C. The average molecular weight is 250 g/mol. The summed E-state index contributed by atoms with van der Waals surface area (Å²) >= 11 is 0. The van der Waals surface area contributed by atoms with Crippen molar-refractivity contribution in [3.63, 3.8) is 0 Å². The number of rotatable bonds is 4. The zero-order valence-corrected chi connectivity index (χ0v) is 11.8. The molecule has 0 saturated heterocycles. The van der Waals surface area contributed by atoms with E-state index in [1.54, 1.807) is 6.20 Å². The van der Waals surface area contributed by atoms with Gasteiger partial charge in [0.15, 0.2) is 0 Å². The molecule has 0 aliphatic heterocycles. The maximum absolute atomic E-state index is 11.8. The quantitative estimate of drug-likeness (QED) is 0.831. The monoisotopic (exact) mass is 250 g/mol. The predicted octanol–water partition coefficient (Wildman–Crippen LogP) is 2.07. The highest BCUT2D eigenvalue weighted by Gasteiger charge is 2.31. The van der Waals surface area contributed by atoms with Crippen LogP contribution in [0.1, 0.15) is 32.0 Å². The predicted molar refractivity (Wildman–Crippen MR) is 71.1 cm³/mol. The molecule has 1 aromatic heterocycles. The molecule has 0 aliphatic carbocycles. The molecule has 1 heterocycles. The van der Waals surface area contributed by atoms with E-state index in [9.17, 15) is 4.79 Å². The van der Waals surface area contributed by atoms with Gasteiger partial charge in [-0.25, -0.2) is 0 Å². The number of methoxy groups -OCH3 is 1. The first-order valence-corrected chi connectivity index (χ1v) is 6.08. The van der Waals surface area contributed by atoms with Crippen LogP contribution in [0.25, 0.3) is 0 Å². The van der Waals surface area contributed by atoms with Gasteiger partial charge < -0.3 is 4.74 Å². The highest BCUT2D eigenvalue weighted by molar-refractivity contribution is 5.76. The molecule has 1 aromatic rings. The number of esters is 1. The minimum atomic E-state index is -0.331. The van der Waals surface area contributed by atoms with Crippen LogP contribution in [0.3, 0.4) is 0 Å². The van der Waals surface area contributed by atoms with Crippen molar-refractivity contribution < 1.29 is 9.53 Å². The summed E-state index contributed by atoms with van der Waals surface area (Å²) in [5, 5.41) is 3.25. The van der Waals surface area contributed by atoms with Crippen LogP contribution in [0.2, 0.25) is 0 Å². The third-order valence-corrected chi connectivity index (χ3v) is 2.92. The number of hydrogen-bond donors (Lipinski definition) is 1. The lowest BCUT2D eigenvalue weighted by atomic mass is 9.86. The third-order valence-electron chi connectivity index (χ3n) is 2.92. The van der Waals surface area contributed by atoms with Gasteiger partial charge in [-0.1, -0.05) is 26.8 Å². The molecule has 4 nitrogen and oxygen atoms in total. The molecule has 1 atom stereocenters. The molecule has 0 spiro atoms. The molecule has 18 heavy (non-hydrogen) atoms. The number of aryl methyl sites for hydroxylation is 1. The van der Waals surface area contributed by atoms with E-state index in [-0.39, 0.29) is 17.4 Å². The molecule has 0 fully saturated rings. The van der Waals surface area contributed by atoms with Gasteiger partial charge in [0.1, 0.15) is 6.04 Å². The van der Waals surface area contributed by atoms with E-state index in [1.165, 1.54) is 7.11 Å². The van der Waals surface area contributed by atoms with Crippen molar-refractivity contribution in [1.82, 2.24) is 10.3 Å². The van der Waals surface area contributed by atoms with Crippen molar-refractivity contribution in [2.45, 2.75) is 40.3 Å². The first-order valence-electron chi connectivity index (χ1n) is 6.08. The summed E-state index contributed by atoms with van der Waals surface area (Å²) in [5.41, 5.74) is 1.88. The van der Waals surface area contributed by atoms with Gasteiger partial charge in [0, 0.05) is 18.4 Å². The zero-order chi connectivity index (χ0) is 13.8. The Kier molecular flexibility index (Phi) is 4.84. The van der Waals surface area contributed by atoms with E-state index in [0.717, 1.165) is 11.3 Å². The first kappa shape index (κ1) is 14.6. The second kappa shape index (κ2) is 5.96. The van der Waals surface area contributed by atoms with E-state index in [0.29, 0.717) is 6.54 Å². The molecular formula is C14H22N2O2. The van der Waals surface area contributed by atoms with Gasteiger partial charge in [0.2, 0.25) is 0 Å². The van der Waals surface area contributed by atoms with Crippen molar-refractivity contribution in [1.29, 1.82) is 0 Å². The smallest absolute Gasteiger partial charge is 0.323 e. The van der Waals surface area contributed by atoms with E-state index < -0.39 is 0 Å². The van der Waals surface area contributed by atoms with Gasteiger partial charge in [-0.15, -0.1) is 0 Å². The topological polar surface area (TPSA) is 51.2 Å². The largest absolute Gasteiger partial charge is 0.468 e. The van der Waals surface area contributed by atoms with Crippen LogP contribution in [0.5, 0.6) is 0 Å². The van der Waals surface area contributed by atoms with Crippen LogP contribution in [0, 0.1) is 12.3 Å². The normalized spacial score (nSPS) is 13.2. The summed E-state index contributed by atoms with van der Waals surface area (Å²) in [4.78, 5) is 16.0. The third kappa shape index (κ3) is 3.81. The molecule has 4 heteroatoms. The number of nitrogens with one attached hydrogen (secondary N) is 1. The van der Waals surface area contributed by atoms with Crippen LogP contribution in [-0.2, 0) is 16.1 Å². The lowest BCUT2D eigenvalue weighted by molar-refractivity contribution is -0.146. The standard InChI is InChI=1S/C14H22N2O2/c1-10-11(7-6-8-15-10)9-16-12(13(17)18-5)14(2,3)4/h6-8,12,16H,9H2,1-5H3/t12-/m0/s1. The molecule has 1 N–H and O–H groups in total. The van der Waals surface area contributed by atoms with Crippen LogP contribution < -0.4 is 5.32 Å². The van der Waals surface area contributed by atoms with Crippen LogP contribution in [0.15, 0.2) is 18.3 Å². The van der Waals surface area contributed by atoms with Crippen molar-refractivity contribution in [3.8, 4) is 0 Å². The van der Waals surface area contributed by atoms with E-state index >= 15 is 0 Å². The fraction of sp³-hybridized carbons (Fsp3) is 0.571. The lowest BCUT2D eigenvalue weighted by Gasteiger charge is -2.29. The van der Waals surface area contributed by atoms with Crippen LogP contribution in [0.4, 0.5) is 0 Å². The van der Waals surface area contributed by atoms with Gasteiger partial charge >= 0.3 is 5.97 Å². The first-order chi connectivity index (χ1) is 8.36. The molecule has 1 rings (SSSR count). The lowest BCUT2D eigenvalue weighted by Crippen LogP contribution is -2.46. The Balaban J connectivity index is 2.75. The van der Waals surface area contributed by atoms with Crippen LogP contribution >= 0.6 is 0 Å². The molecule has 0 saturated carbocycles. The molecule has 0 bridgehead atoms. The number of aromatic nitrogens is 1. The van der Waals surface area contributed by atoms with E-state index in [1.807, 2.05) is 39.8 Å². The van der Waals surface area contributed by atoms with Crippen LogP contribution in [-0.4, -0.2) is 24.1 Å². The maximum atomic E-state index is 11.8. The van der Waals surface area contributed by atoms with Crippen molar-refractivity contribution >= 4 is 5.97 Å². The number of pyridine rings is 1. The van der Waals surface area contributed by atoms with Crippen molar-refractivity contribution in [3.05, 3.63) is 29.6 Å². The Labute approximate surface area is 109 Å². The molecule has 100 valence electrons. The number of ether oxygens (including phenoxy) is 1. The zero-order valence-electron chi connectivity index (χ0n) is 11.8. The molecular weight excluding hydrogens is 228 g/mol. The fourth-order valence-electron chi connectivity index (χ4n) is 1.78.